The molecule has 6 nitrogen and oxygen atoms in total. The Labute approximate surface area is 247 Å². The highest BCUT2D eigenvalue weighted by Crippen LogP contribution is 2.37. The fourth-order valence-corrected chi connectivity index (χ4v) is 9.59. The fraction of sp³-hybridized carbons (Fsp3) is 0.441. The number of carbonyl (C=O) groups is 1. The first-order chi connectivity index (χ1) is 19.4. The summed E-state index contributed by atoms with van der Waals surface area (Å²) >= 11 is 0. The van der Waals surface area contributed by atoms with Crippen molar-refractivity contribution in [3.05, 3.63) is 90.5 Å². The van der Waals surface area contributed by atoms with Gasteiger partial charge in [0.1, 0.15) is 18.1 Å². The van der Waals surface area contributed by atoms with Gasteiger partial charge in [0.25, 0.3) is 8.32 Å². The molecule has 0 spiro atoms. The van der Waals surface area contributed by atoms with E-state index >= 15 is 0 Å². The normalized spacial score (nSPS) is 13.0. The topological polar surface area (TPSA) is 63.2 Å². The van der Waals surface area contributed by atoms with Crippen molar-refractivity contribution in [2.75, 3.05) is 27.1 Å². The molecule has 0 amide bonds. The highest BCUT2D eigenvalue weighted by molar-refractivity contribution is 6.99. The Balaban J connectivity index is 1.76. The Morgan fingerprint density at radius 1 is 0.756 bits per heavy atom. The maximum Gasteiger partial charge on any atom is 0.306 e. The van der Waals surface area contributed by atoms with E-state index < -0.39 is 13.9 Å². The highest BCUT2D eigenvalue weighted by atomic mass is 28.4. The molecule has 0 aliphatic rings. The van der Waals surface area contributed by atoms with Crippen LogP contribution in [-0.2, 0) is 30.0 Å². The van der Waals surface area contributed by atoms with E-state index in [1.807, 2.05) is 57.2 Å². The van der Waals surface area contributed by atoms with Crippen LogP contribution in [0.3, 0.4) is 0 Å². The van der Waals surface area contributed by atoms with Crippen LogP contribution in [0, 0.1) is 5.92 Å². The third kappa shape index (κ3) is 9.53. The summed E-state index contributed by atoms with van der Waals surface area (Å²) in [5.41, 5.74) is 0.456. The maximum atomic E-state index is 12.9. The Morgan fingerprint density at radius 3 is 1.80 bits per heavy atom. The molecule has 0 unspecified atom stereocenters. The van der Waals surface area contributed by atoms with E-state index in [0.29, 0.717) is 19.8 Å². The standard InChI is InChI=1S/C34H46O6Si/c1-33(2,3)40-32(35)22-28(24-38-26-37-23-27-18-20-29(36-7)21-19-27)25-39-41(34(4,5)6,30-14-10-8-11-15-30)31-16-12-9-13-17-31/h8-21,28H,22-26H2,1-7H3/t28-/m1/s1. The molecule has 0 aliphatic heterocycles. The molecule has 1 atom stereocenters. The van der Waals surface area contributed by atoms with E-state index in [1.165, 1.54) is 10.4 Å². The molecule has 0 N–H and O–H groups in total. The van der Waals surface area contributed by atoms with Gasteiger partial charge < -0.3 is 23.4 Å². The quantitative estimate of drug-likeness (QED) is 0.0996. The van der Waals surface area contributed by atoms with Crippen molar-refractivity contribution in [3.8, 4) is 5.75 Å². The minimum absolute atomic E-state index is 0.107. The Bertz CT molecular complexity index is 1140. The van der Waals surface area contributed by atoms with E-state index in [-0.39, 0.29) is 30.1 Å². The Hall–Kier alpha value is -2.97. The molecular weight excluding hydrogens is 532 g/mol. The van der Waals surface area contributed by atoms with Crippen molar-refractivity contribution in [2.45, 2.75) is 65.2 Å². The van der Waals surface area contributed by atoms with Crippen LogP contribution in [0.2, 0.25) is 5.04 Å². The first kappa shape index (κ1) is 32.5. The molecule has 0 bridgehead atoms. The van der Waals surface area contributed by atoms with Gasteiger partial charge in [0.05, 0.1) is 26.7 Å². The molecule has 3 aromatic rings. The lowest BCUT2D eigenvalue weighted by molar-refractivity contribution is -0.157. The first-order valence-electron chi connectivity index (χ1n) is 14.2. The van der Waals surface area contributed by atoms with Crippen LogP contribution < -0.4 is 15.1 Å². The van der Waals surface area contributed by atoms with Gasteiger partial charge in [-0.2, -0.15) is 0 Å². The molecule has 0 saturated carbocycles. The largest absolute Gasteiger partial charge is 0.497 e. The van der Waals surface area contributed by atoms with Crippen molar-refractivity contribution in [3.63, 3.8) is 0 Å². The van der Waals surface area contributed by atoms with Gasteiger partial charge in [0.15, 0.2) is 0 Å². The van der Waals surface area contributed by atoms with Crippen LogP contribution in [0.25, 0.3) is 0 Å². The van der Waals surface area contributed by atoms with Gasteiger partial charge in [0, 0.05) is 12.5 Å². The third-order valence-corrected chi connectivity index (χ3v) is 11.8. The van der Waals surface area contributed by atoms with Crippen LogP contribution >= 0.6 is 0 Å². The average molecular weight is 579 g/mol. The number of esters is 1. The van der Waals surface area contributed by atoms with Crippen LogP contribution in [0.5, 0.6) is 5.75 Å². The SMILES string of the molecule is COc1ccc(COCOC[C@H](CO[Si](c2ccccc2)(c2ccccc2)C(C)(C)C)CC(=O)OC(C)(C)C)cc1. The van der Waals surface area contributed by atoms with Gasteiger partial charge in [-0.3, -0.25) is 4.79 Å². The van der Waals surface area contributed by atoms with Crippen molar-refractivity contribution >= 4 is 24.7 Å². The van der Waals surface area contributed by atoms with Crippen molar-refractivity contribution < 1.29 is 28.2 Å². The molecule has 0 aromatic heterocycles. The summed E-state index contributed by atoms with van der Waals surface area (Å²) in [4.78, 5) is 12.9. The van der Waals surface area contributed by atoms with E-state index in [1.54, 1.807) is 7.11 Å². The molecule has 0 heterocycles. The second kappa shape index (κ2) is 14.8. The molecule has 7 heteroatoms. The Morgan fingerprint density at radius 2 is 1.32 bits per heavy atom. The predicted molar refractivity (Wildman–Crippen MR) is 166 cm³/mol. The lowest BCUT2D eigenvalue weighted by atomic mass is 10.1. The second-order valence-electron chi connectivity index (χ2n) is 12.3. The number of methoxy groups -OCH3 is 1. The summed E-state index contributed by atoms with van der Waals surface area (Å²) in [7, 11) is -1.12. The average Bonchev–Trinajstić information content (AvgIpc) is 2.92. The van der Waals surface area contributed by atoms with E-state index in [4.69, 9.17) is 23.4 Å². The lowest BCUT2D eigenvalue weighted by Gasteiger charge is -2.43. The summed E-state index contributed by atoms with van der Waals surface area (Å²) in [5, 5.41) is 2.21. The minimum Gasteiger partial charge on any atom is -0.497 e. The molecular formula is C34H46O6Si. The number of ether oxygens (including phenoxy) is 4. The zero-order valence-electron chi connectivity index (χ0n) is 25.6. The van der Waals surface area contributed by atoms with Gasteiger partial charge in [-0.25, -0.2) is 0 Å². The summed E-state index contributed by atoms with van der Waals surface area (Å²) in [6.45, 7) is 13.5. The summed E-state index contributed by atoms with van der Waals surface area (Å²) in [6.07, 6.45) is 0.188. The highest BCUT2D eigenvalue weighted by Gasteiger charge is 2.50. The zero-order valence-corrected chi connectivity index (χ0v) is 26.6. The molecule has 0 radical (unpaired) electrons. The second-order valence-corrected chi connectivity index (χ2v) is 16.6. The lowest BCUT2D eigenvalue weighted by Crippen LogP contribution is -2.67. The molecule has 41 heavy (non-hydrogen) atoms. The van der Waals surface area contributed by atoms with Crippen LogP contribution in [0.4, 0.5) is 0 Å². The summed E-state index contributed by atoms with van der Waals surface area (Å²) in [5.74, 6) is 0.322. The smallest absolute Gasteiger partial charge is 0.306 e. The third-order valence-electron chi connectivity index (χ3n) is 6.78. The summed E-state index contributed by atoms with van der Waals surface area (Å²) < 4.78 is 29.7. The molecule has 0 saturated heterocycles. The van der Waals surface area contributed by atoms with E-state index in [2.05, 4.69) is 69.3 Å². The number of benzene rings is 3. The zero-order chi connectivity index (χ0) is 29.9. The van der Waals surface area contributed by atoms with Gasteiger partial charge in [-0.05, 0) is 53.9 Å². The van der Waals surface area contributed by atoms with Gasteiger partial charge >= 0.3 is 5.97 Å². The molecule has 0 fully saturated rings. The number of hydrogen-bond acceptors (Lipinski definition) is 6. The number of rotatable bonds is 14. The van der Waals surface area contributed by atoms with Crippen LogP contribution in [0.15, 0.2) is 84.9 Å². The van der Waals surface area contributed by atoms with Crippen LogP contribution in [0.1, 0.15) is 53.5 Å². The predicted octanol–water partition coefficient (Wildman–Crippen LogP) is 6.11. The van der Waals surface area contributed by atoms with Crippen LogP contribution in [-0.4, -0.2) is 47.0 Å². The van der Waals surface area contributed by atoms with Gasteiger partial charge in [-0.1, -0.05) is 93.6 Å². The van der Waals surface area contributed by atoms with E-state index in [9.17, 15) is 4.79 Å². The Kier molecular flexibility index (Phi) is 11.7. The number of hydrogen-bond donors (Lipinski definition) is 0. The van der Waals surface area contributed by atoms with Crippen molar-refractivity contribution in [2.24, 2.45) is 5.92 Å². The monoisotopic (exact) mass is 578 g/mol. The van der Waals surface area contributed by atoms with Gasteiger partial charge in [-0.15, -0.1) is 0 Å². The first-order valence-corrected chi connectivity index (χ1v) is 16.1. The summed E-state index contributed by atoms with van der Waals surface area (Å²) in [6, 6.07) is 28.7. The van der Waals surface area contributed by atoms with E-state index in [0.717, 1.165) is 11.3 Å². The molecule has 0 aliphatic carbocycles. The van der Waals surface area contributed by atoms with Crippen molar-refractivity contribution in [1.82, 2.24) is 0 Å². The number of carbonyl (C=O) groups excluding carboxylic acids is 1. The van der Waals surface area contributed by atoms with Gasteiger partial charge in [0.2, 0.25) is 0 Å². The molecule has 3 aromatic carbocycles. The maximum absolute atomic E-state index is 12.9. The van der Waals surface area contributed by atoms with Crippen molar-refractivity contribution in [1.29, 1.82) is 0 Å². The minimum atomic E-state index is -2.77. The molecule has 3 rings (SSSR count). The fourth-order valence-electron chi connectivity index (χ4n) is 4.94. The molecule has 222 valence electrons.